The number of amides is 2. The zero-order valence-corrected chi connectivity index (χ0v) is 20.7. The number of ether oxygens (including phenoxy) is 1. The largest absolute Gasteiger partial charge is 0.497 e. The van der Waals surface area contributed by atoms with Gasteiger partial charge in [0, 0.05) is 30.8 Å². The Kier molecular flexibility index (Phi) is 9.38. The van der Waals surface area contributed by atoms with Crippen LogP contribution in [0.4, 0.5) is 5.69 Å². The number of benzene rings is 2. The van der Waals surface area contributed by atoms with Crippen LogP contribution in [0.3, 0.4) is 0 Å². The zero-order valence-electron chi connectivity index (χ0n) is 18.4. The molecule has 2 N–H and O–H groups in total. The van der Waals surface area contributed by atoms with E-state index in [1.54, 1.807) is 49.6 Å². The lowest BCUT2D eigenvalue weighted by molar-refractivity contribution is -0.113. The van der Waals surface area contributed by atoms with E-state index in [1.807, 2.05) is 4.57 Å². The van der Waals surface area contributed by atoms with Crippen LogP contribution in [-0.2, 0) is 17.8 Å². The first-order valence-electron chi connectivity index (χ1n) is 10.2. The molecular weight excluding hydrogens is 497 g/mol. The van der Waals surface area contributed by atoms with Gasteiger partial charge < -0.3 is 19.9 Å². The summed E-state index contributed by atoms with van der Waals surface area (Å²) < 4.78 is 6.98. The molecule has 0 bridgehead atoms. The van der Waals surface area contributed by atoms with Gasteiger partial charge in [-0.3, -0.25) is 9.59 Å². The second-order valence-electron chi connectivity index (χ2n) is 7.00. The molecule has 11 heteroatoms. The number of carbonyl (C=O) groups excluding carboxylic acids is 2. The van der Waals surface area contributed by atoms with Gasteiger partial charge in [-0.25, -0.2) is 0 Å². The second-order valence-corrected chi connectivity index (χ2v) is 8.76. The SMILES string of the molecule is C=CCn1c(CCNC(=O)c2ccc(Cl)c(Cl)c2)nnc1SCC(=O)Nc1ccc(OC)cc1. The first-order chi connectivity index (χ1) is 16.4. The summed E-state index contributed by atoms with van der Waals surface area (Å²) in [6, 6.07) is 11.8. The van der Waals surface area contributed by atoms with Crippen LogP contribution in [-0.4, -0.2) is 46.0 Å². The molecular formula is C23H23Cl2N5O3S. The first-order valence-corrected chi connectivity index (χ1v) is 12.0. The number of carbonyl (C=O) groups is 2. The Bertz CT molecular complexity index is 1170. The normalized spacial score (nSPS) is 10.6. The van der Waals surface area contributed by atoms with Crippen LogP contribution in [0.1, 0.15) is 16.2 Å². The topological polar surface area (TPSA) is 98.1 Å². The van der Waals surface area contributed by atoms with E-state index < -0.39 is 0 Å². The highest BCUT2D eigenvalue weighted by molar-refractivity contribution is 7.99. The predicted octanol–water partition coefficient (Wildman–Crippen LogP) is 4.48. The predicted molar refractivity (Wildman–Crippen MR) is 135 cm³/mol. The Hall–Kier alpha value is -3.01. The number of aromatic nitrogens is 3. The summed E-state index contributed by atoms with van der Waals surface area (Å²) in [7, 11) is 1.58. The summed E-state index contributed by atoms with van der Waals surface area (Å²) in [6.07, 6.45) is 2.18. The third-order valence-corrected chi connectivity index (χ3v) is 6.33. The molecule has 1 aromatic heterocycles. The standard InChI is InChI=1S/C23H23Cl2N5O3S/c1-3-12-30-20(10-11-26-22(32)15-4-9-18(24)19(25)13-15)28-29-23(30)34-14-21(31)27-16-5-7-17(33-2)8-6-16/h3-9,13H,1,10-12,14H2,2H3,(H,26,32)(H,27,31). The van der Waals surface area contributed by atoms with Gasteiger partial charge in [0.25, 0.3) is 5.91 Å². The molecule has 0 aliphatic rings. The average molecular weight is 520 g/mol. The number of methoxy groups -OCH3 is 1. The minimum Gasteiger partial charge on any atom is -0.497 e. The fourth-order valence-corrected chi connectivity index (χ4v) is 4.02. The molecule has 0 aliphatic heterocycles. The third-order valence-electron chi connectivity index (χ3n) is 4.63. The van der Waals surface area contributed by atoms with Crippen molar-refractivity contribution in [1.29, 1.82) is 0 Å². The van der Waals surface area contributed by atoms with Gasteiger partial charge in [0.1, 0.15) is 11.6 Å². The summed E-state index contributed by atoms with van der Waals surface area (Å²) in [5.74, 6) is 1.12. The number of allylic oxidation sites excluding steroid dienone is 1. The molecule has 3 aromatic rings. The van der Waals surface area contributed by atoms with Gasteiger partial charge in [0.05, 0.1) is 22.9 Å². The van der Waals surface area contributed by atoms with Crippen molar-refractivity contribution in [2.75, 3.05) is 24.7 Å². The highest BCUT2D eigenvalue weighted by Gasteiger charge is 2.15. The molecule has 2 aromatic carbocycles. The Labute approximate surface area is 211 Å². The highest BCUT2D eigenvalue weighted by atomic mass is 35.5. The lowest BCUT2D eigenvalue weighted by Crippen LogP contribution is -2.26. The summed E-state index contributed by atoms with van der Waals surface area (Å²) >= 11 is 13.1. The monoisotopic (exact) mass is 519 g/mol. The molecule has 3 rings (SSSR count). The van der Waals surface area contributed by atoms with E-state index in [0.717, 1.165) is 0 Å². The number of thioether (sulfide) groups is 1. The van der Waals surface area contributed by atoms with E-state index in [2.05, 4.69) is 27.4 Å². The lowest BCUT2D eigenvalue weighted by atomic mass is 10.2. The molecule has 0 spiro atoms. The van der Waals surface area contributed by atoms with Gasteiger partial charge in [0.15, 0.2) is 5.16 Å². The Morgan fingerprint density at radius 2 is 1.91 bits per heavy atom. The van der Waals surface area contributed by atoms with Crippen molar-refractivity contribution in [1.82, 2.24) is 20.1 Å². The van der Waals surface area contributed by atoms with Crippen LogP contribution in [0, 0.1) is 0 Å². The smallest absolute Gasteiger partial charge is 0.251 e. The quantitative estimate of drug-likeness (QED) is 0.286. The second kappa shape index (κ2) is 12.5. The first kappa shape index (κ1) is 25.6. The fourth-order valence-electron chi connectivity index (χ4n) is 2.95. The van der Waals surface area contributed by atoms with Crippen LogP contribution in [0.15, 0.2) is 60.3 Å². The number of halogens is 2. The van der Waals surface area contributed by atoms with E-state index >= 15 is 0 Å². The highest BCUT2D eigenvalue weighted by Crippen LogP contribution is 2.23. The van der Waals surface area contributed by atoms with Gasteiger partial charge in [-0.15, -0.1) is 16.8 Å². The lowest BCUT2D eigenvalue weighted by Gasteiger charge is -2.09. The van der Waals surface area contributed by atoms with Crippen molar-refractivity contribution >= 4 is 52.5 Å². The summed E-state index contributed by atoms with van der Waals surface area (Å²) in [4.78, 5) is 24.7. The molecule has 0 unspecified atom stereocenters. The van der Waals surface area contributed by atoms with Crippen LogP contribution < -0.4 is 15.4 Å². The van der Waals surface area contributed by atoms with Crippen molar-refractivity contribution in [3.8, 4) is 5.75 Å². The molecule has 0 radical (unpaired) electrons. The minimum atomic E-state index is -0.266. The number of nitrogens with zero attached hydrogens (tertiary/aromatic N) is 3. The Balaban J connectivity index is 1.54. The maximum Gasteiger partial charge on any atom is 0.251 e. The van der Waals surface area contributed by atoms with E-state index in [0.29, 0.717) is 57.5 Å². The molecule has 8 nitrogen and oxygen atoms in total. The van der Waals surface area contributed by atoms with E-state index in [9.17, 15) is 9.59 Å². The Morgan fingerprint density at radius 3 is 2.59 bits per heavy atom. The van der Waals surface area contributed by atoms with E-state index in [-0.39, 0.29) is 17.6 Å². The molecule has 0 fully saturated rings. The zero-order chi connectivity index (χ0) is 24.5. The molecule has 0 aliphatic carbocycles. The molecule has 34 heavy (non-hydrogen) atoms. The number of hydrogen-bond donors (Lipinski definition) is 2. The molecule has 178 valence electrons. The maximum atomic E-state index is 12.4. The summed E-state index contributed by atoms with van der Waals surface area (Å²) in [6.45, 7) is 4.60. The molecule has 2 amide bonds. The van der Waals surface area contributed by atoms with Crippen molar-refractivity contribution in [3.05, 3.63) is 76.6 Å². The molecule has 0 saturated heterocycles. The van der Waals surface area contributed by atoms with Crippen molar-refractivity contribution in [2.45, 2.75) is 18.1 Å². The molecule has 1 heterocycles. The van der Waals surface area contributed by atoms with Gasteiger partial charge in [-0.05, 0) is 42.5 Å². The van der Waals surface area contributed by atoms with Gasteiger partial charge in [-0.1, -0.05) is 41.0 Å². The van der Waals surface area contributed by atoms with Crippen LogP contribution >= 0.6 is 35.0 Å². The molecule has 0 saturated carbocycles. The maximum absolute atomic E-state index is 12.4. The van der Waals surface area contributed by atoms with Crippen molar-refractivity contribution in [2.24, 2.45) is 0 Å². The number of anilines is 1. The minimum absolute atomic E-state index is 0.162. The van der Waals surface area contributed by atoms with Gasteiger partial charge in [0.2, 0.25) is 5.91 Å². The summed E-state index contributed by atoms with van der Waals surface area (Å²) in [5.41, 5.74) is 1.10. The number of rotatable bonds is 11. The molecule has 0 atom stereocenters. The van der Waals surface area contributed by atoms with Crippen LogP contribution in [0.2, 0.25) is 10.0 Å². The van der Waals surface area contributed by atoms with Gasteiger partial charge in [-0.2, -0.15) is 0 Å². The van der Waals surface area contributed by atoms with Crippen LogP contribution in [0.25, 0.3) is 0 Å². The van der Waals surface area contributed by atoms with E-state index in [1.165, 1.54) is 17.8 Å². The third kappa shape index (κ3) is 6.99. The summed E-state index contributed by atoms with van der Waals surface area (Å²) in [5, 5.41) is 15.4. The fraction of sp³-hybridized carbons (Fsp3) is 0.217. The Morgan fingerprint density at radius 1 is 1.15 bits per heavy atom. The van der Waals surface area contributed by atoms with Crippen LogP contribution in [0.5, 0.6) is 5.75 Å². The van der Waals surface area contributed by atoms with Crippen molar-refractivity contribution in [3.63, 3.8) is 0 Å². The number of nitrogens with one attached hydrogen (secondary N) is 2. The van der Waals surface area contributed by atoms with Crippen molar-refractivity contribution < 1.29 is 14.3 Å². The van der Waals surface area contributed by atoms with E-state index in [4.69, 9.17) is 27.9 Å². The number of hydrogen-bond acceptors (Lipinski definition) is 6. The average Bonchev–Trinajstić information content (AvgIpc) is 3.21. The van der Waals surface area contributed by atoms with Gasteiger partial charge >= 0.3 is 0 Å².